The maximum absolute atomic E-state index is 12.0. The molecule has 0 amide bonds. The van der Waals surface area contributed by atoms with Gasteiger partial charge in [0.05, 0.1) is 10.3 Å². The van der Waals surface area contributed by atoms with Crippen molar-refractivity contribution in [2.24, 2.45) is 5.41 Å². The zero-order chi connectivity index (χ0) is 14.4. The first kappa shape index (κ1) is 14.1. The third kappa shape index (κ3) is 2.53. The first-order valence-corrected chi connectivity index (χ1v) is 7.55. The van der Waals surface area contributed by atoms with Crippen LogP contribution in [0.15, 0.2) is 28.5 Å². The first-order chi connectivity index (χ1) is 8.63. The fourth-order valence-corrected chi connectivity index (χ4v) is 3.64. The standard InChI is InChI=1S/C13H13ClO4S/c1-13(2,12(15)16)6-8-7-19(17,18)11-4-3-9(14)5-10(8)11/h3-5,7H,6H2,1-2H3,(H,15,16). The average Bonchev–Trinajstić information content (AvgIpc) is 2.49. The minimum Gasteiger partial charge on any atom is -0.481 e. The molecule has 1 N–H and O–H groups in total. The minimum absolute atomic E-state index is 0.134. The van der Waals surface area contributed by atoms with E-state index in [2.05, 4.69) is 0 Å². The van der Waals surface area contributed by atoms with Gasteiger partial charge >= 0.3 is 5.97 Å². The Hall–Kier alpha value is -1.33. The van der Waals surface area contributed by atoms with Gasteiger partial charge in [-0.1, -0.05) is 11.6 Å². The van der Waals surface area contributed by atoms with Gasteiger partial charge in [-0.05, 0) is 49.6 Å². The molecule has 2 rings (SSSR count). The van der Waals surface area contributed by atoms with E-state index < -0.39 is 21.2 Å². The van der Waals surface area contributed by atoms with Gasteiger partial charge in [0.2, 0.25) is 9.84 Å². The largest absolute Gasteiger partial charge is 0.481 e. The van der Waals surface area contributed by atoms with Crippen molar-refractivity contribution in [2.45, 2.75) is 25.2 Å². The smallest absolute Gasteiger partial charge is 0.309 e. The highest BCUT2D eigenvalue weighted by Gasteiger charge is 2.34. The van der Waals surface area contributed by atoms with Crippen LogP contribution in [0, 0.1) is 5.41 Å². The van der Waals surface area contributed by atoms with Gasteiger partial charge in [-0.2, -0.15) is 0 Å². The van der Waals surface area contributed by atoms with E-state index in [1.54, 1.807) is 19.9 Å². The molecule has 1 aromatic carbocycles. The third-order valence-electron chi connectivity index (χ3n) is 3.10. The predicted molar refractivity (Wildman–Crippen MR) is 72.6 cm³/mol. The lowest BCUT2D eigenvalue weighted by atomic mass is 9.84. The number of carboxylic acid groups (broad SMARTS) is 1. The van der Waals surface area contributed by atoms with Gasteiger partial charge < -0.3 is 5.11 Å². The van der Waals surface area contributed by atoms with Crippen molar-refractivity contribution in [1.29, 1.82) is 0 Å². The van der Waals surface area contributed by atoms with E-state index in [1.807, 2.05) is 0 Å². The van der Waals surface area contributed by atoms with E-state index in [-0.39, 0.29) is 11.3 Å². The highest BCUT2D eigenvalue weighted by atomic mass is 35.5. The lowest BCUT2D eigenvalue weighted by Crippen LogP contribution is -2.23. The van der Waals surface area contributed by atoms with Crippen molar-refractivity contribution in [3.8, 4) is 0 Å². The Morgan fingerprint density at radius 1 is 1.37 bits per heavy atom. The number of sulfone groups is 1. The normalized spacial score (nSPS) is 16.9. The molecule has 0 aliphatic carbocycles. The number of allylic oxidation sites excluding steroid dienone is 1. The third-order valence-corrected chi connectivity index (χ3v) is 4.90. The van der Waals surface area contributed by atoms with E-state index >= 15 is 0 Å². The molecule has 102 valence electrons. The van der Waals surface area contributed by atoms with E-state index in [9.17, 15) is 13.2 Å². The molecule has 1 heterocycles. The Labute approximate surface area is 116 Å². The van der Waals surface area contributed by atoms with Crippen LogP contribution in [0.3, 0.4) is 0 Å². The molecule has 1 aliphatic rings. The van der Waals surface area contributed by atoms with Crippen molar-refractivity contribution >= 4 is 33.0 Å². The van der Waals surface area contributed by atoms with E-state index in [4.69, 9.17) is 16.7 Å². The SMILES string of the molecule is CC(C)(CC1=CS(=O)(=O)c2ccc(Cl)cc21)C(=O)O. The van der Waals surface area contributed by atoms with Crippen LogP contribution in [-0.2, 0) is 14.6 Å². The van der Waals surface area contributed by atoms with Crippen LogP contribution in [0.4, 0.5) is 0 Å². The molecule has 1 aromatic rings. The van der Waals surface area contributed by atoms with Crippen LogP contribution in [0.5, 0.6) is 0 Å². The summed E-state index contributed by atoms with van der Waals surface area (Å²) >= 11 is 5.88. The van der Waals surface area contributed by atoms with Crippen LogP contribution in [0.2, 0.25) is 5.02 Å². The molecular formula is C13H13ClO4S. The number of halogens is 1. The number of carbonyl (C=O) groups is 1. The molecule has 0 bridgehead atoms. The van der Waals surface area contributed by atoms with Crippen molar-refractivity contribution < 1.29 is 18.3 Å². The molecule has 0 unspecified atom stereocenters. The summed E-state index contributed by atoms with van der Waals surface area (Å²) in [6.07, 6.45) is 0.134. The quantitative estimate of drug-likeness (QED) is 0.931. The van der Waals surface area contributed by atoms with E-state index in [0.717, 1.165) is 5.41 Å². The summed E-state index contributed by atoms with van der Waals surface area (Å²) in [6.45, 7) is 3.12. The summed E-state index contributed by atoms with van der Waals surface area (Å²) in [5.41, 5.74) is -0.0441. The Bertz CT molecular complexity index is 687. The Morgan fingerprint density at radius 2 is 2.00 bits per heavy atom. The molecule has 0 saturated heterocycles. The molecule has 4 nitrogen and oxygen atoms in total. The van der Waals surface area contributed by atoms with Crippen molar-refractivity contribution in [2.75, 3.05) is 0 Å². The predicted octanol–water partition coefficient (Wildman–Crippen LogP) is 2.97. The number of hydrogen-bond acceptors (Lipinski definition) is 3. The van der Waals surface area contributed by atoms with Crippen LogP contribution in [-0.4, -0.2) is 19.5 Å². The van der Waals surface area contributed by atoms with Crippen molar-refractivity contribution in [3.63, 3.8) is 0 Å². The zero-order valence-electron chi connectivity index (χ0n) is 10.5. The number of aliphatic carboxylic acids is 1. The molecule has 0 fully saturated rings. The zero-order valence-corrected chi connectivity index (χ0v) is 12.0. The second-order valence-corrected chi connectivity index (χ2v) is 7.40. The fraction of sp³-hybridized carbons (Fsp3) is 0.308. The number of benzene rings is 1. The van der Waals surface area contributed by atoms with Gasteiger partial charge in [-0.25, -0.2) is 8.42 Å². The van der Waals surface area contributed by atoms with Gasteiger partial charge in [-0.15, -0.1) is 0 Å². The van der Waals surface area contributed by atoms with Crippen LogP contribution >= 0.6 is 11.6 Å². The van der Waals surface area contributed by atoms with Crippen LogP contribution < -0.4 is 0 Å². The molecule has 19 heavy (non-hydrogen) atoms. The molecule has 0 radical (unpaired) electrons. The second kappa shape index (κ2) is 4.35. The number of carboxylic acids is 1. The second-order valence-electron chi connectivity index (χ2n) is 5.19. The van der Waals surface area contributed by atoms with Gasteiger partial charge in [0, 0.05) is 10.4 Å². The molecule has 0 spiro atoms. The number of rotatable bonds is 3. The van der Waals surface area contributed by atoms with E-state index in [1.165, 1.54) is 12.1 Å². The molecule has 0 atom stereocenters. The molecule has 0 saturated carbocycles. The maximum Gasteiger partial charge on any atom is 0.309 e. The summed E-state index contributed by atoms with van der Waals surface area (Å²) in [6, 6.07) is 4.52. The Balaban J connectivity index is 2.51. The number of fused-ring (bicyclic) bond motifs is 1. The lowest BCUT2D eigenvalue weighted by Gasteiger charge is -2.19. The topological polar surface area (TPSA) is 71.4 Å². The summed E-state index contributed by atoms with van der Waals surface area (Å²) in [4.78, 5) is 11.3. The fourth-order valence-electron chi connectivity index (χ4n) is 2.00. The van der Waals surface area contributed by atoms with E-state index in [0.29, 0.717) is 16.2 Å². The molecular weight excluding hydrogens is 288 g/mol. The summed E-state index contributed by atoms with van der Waals surface area (Å²) in [5, 5.41) is 10.7. The summed E-state index contributed by atoms with van der Waals surface area (Å²) in [5.74, 6) is -0.971. The molecule has 6 heteroatoms. The van der Waals surface area contributed by atoms with Crippen molar-refractivity contribution in [1.82, 2.24) is 0 Å². The lowest BCUT2D eigenvalue weighted by molar-refractivity contribution is -0.146. The van der Waals surface area contributed by atoms with Crippen LogP contribution in [0.1, 0.15) is 25.8 Å². The summed E-state index contributed by atoms with van der Waals surface area (Å²) in [7, 11) is -3.48. The highest BCUT2D eigenvalue weighted by molar-refractivity contribution is 7.95. The van der Waals surface area contributed by atoms with Crippen molar-refractivity contribution in [3.05, 3.63) is 34.2 Å². The van der Waals surface area contributed by atoms with Gasteiger partial charge in [0.15, 0.2) is 0 Å². The maximum atomic E-state index is 12.0. The monoisotopic (exact) mass is 300 g/mol. The first-order valence-electron chi connectivity index (χ1n) is 5.62. The number of hydrogen-bond donors (Lipinski definition) is 1. The highest BCUT2D eigenvalue weighted by Crippen LogP contribution is 2.41. The van der Waals surface area contributed by atoms with Crippen LogP contribution in [0.25, 0.3) is 5.57 Å². The summed E-state index contributed by atoms with van der Waals surface area (Å²) < 4.78 is 23.9. The van der Waals surface area contributed by atoms with Gasteiger partial charge in [-0.3, -0.25) is 4.79 Å². The molecule has 1 aliphatic heterocycles. The van der Waals surface area contributed by atoms with Gasteiger partial charge in [0.1, 0.15) is 0 Å². The average molecular weight is 301 g/mol. The minimum atomic E-state index is -3.48. The van der Waals surface area contributed by atoms with Gasteiger partial charge in [0.25, 0.3) is 0 Å². The Kier molecular flexibility index (Phi) is 3.23. The molecule has 0 aromatic heterocycles. The Morgan fingerprint density at radius 3 is 2.58 bits per heavy atom.